The van der Waals surface area contributed by atoms with Gasteiger partial charge in [-0.15, -0.1) is 0 Å². The van der Waals surface area contributed by atoms with Gasteiger partial charge in [-0.05, 0) is 153 Å². The molecule has 0 fully saturated rings. The van der Waals surface area contributed by atoms with E-state index in [-0.39, 0.29) is 5.92 Å². The molecule has 0 saturated heterocycles. The third kappa shape index (κ3) is 9.10. The van der Waals surface area contributed by atoms with E-state index >= 15 is 0 Å². The first-order chi connectivity index (χ1) is 49.5. The summed E-state index contributed by atoms with van der Waals surface area (Å²) in [6.45, 7) is 7.82. The van der Waals surface area contributed by atoms with Gasteiger partial charge in [0.05, 0.1) is 68.6 Å². The summed E-state index contributed by atoms with van der Waals surface area (Å²) < 4.78 is 7.20. The van der Waals surface area contributed by atoms with Crippen molar-refractivity contribution in [1.29, 1.82) is 10.5 Å². The van der Waals surface area contributed by atoms with Gasteiger partial charge in [0.15, 0.2) is 23.2 Å². The number of nitriles is 2. The Labute approximate surface area is 575 Å². The van der Waals surface area contributed by atoms with Crippen molar-refractivity contribution in [2.24, 2.45) is 0 Å². The third-order valence-corrected chi connectivity index (χ3v) is 20.0. The fourth-order valence-electron chi connectivity index (χ4n) is 15.7. The largest absolute Gasteiger partial charge is 0.309 e. The van der Waals surface area contributed by atoms with Gasteiger partial charge < -0.3 is 13.7 Å². The minimum atomic E-state index is -0.318. The summed E-state index contributed by atoms with van der Waals surface area (Å²) in [6.07, 6.45) is 0. The molecule has 0 saturated carbocycles. The predicted octanol–water partition coefficient (Wildman–Crippen LogP) is 22.6. The minimum Gasteiger partial charge on any atom is -0.309 e. The molecule has 100 heavy (non-hydrogen) atoms. The Balaban J connectivity index is 0.902. The lowest BCUT2D eigenvalue weighted by molar-refractivity contribution is 1.00. The van der Waals surface area contributed by atoms with Crippen LogP contribution in [0.4, 0.5) is 5.69 Å². The van der Waals surface area contributed by atoms with Crippen molar-refractivity contribution in [2.75, 3.05) is 0 Å². The van der Waals surface area contributed by atoms with E-state index in [9.17, 15) is 10.5 Å². The molecule has 0 bridgehead atoms. The molecule has 0 radical (unpaired) electrons. The van der Waals surface area contributed by atoms with Gasteiger partial charge in [-0.1, -0.05) is 218 Å². The molecule has 1 atom stereocenters. The average molecular weight is 1270 g/mol. The van der Waals surface area contributed by atoms with E-state index < -0.39 is 0 Å². The Morgan fingerprint density at radius 2 is 0.820 bits per heavy atom. The van der Waals surface area contributed by atoms with Crippen LogP contribution < -0.4 is 0 Å². The van der Waals surface area contributed by atoms with Crippen LogP contribution in [-0.4, -0.2) is 28.7 Å². The molecule has 462 valence electrons. The maximum absolute atomic E-state index is 10.3. The summed E-state index contributed by atoms with van der Waals surface area (Å²) in [5.74, 6) is 1.07. The highest BCUT2D eigenvalue weighted by molar-refractivity contribution is 6.26. The second-order valence-corrected chi connectivity index (χ2v) is 25.5. The van der Waals surface area contributed by atoms with E-state index in [2.05, 4.69) is 285 Å². The summed E-state index contributed by atoms with van der Waals surface area (Å²) in [6, 6.07) is 115. The van der Waals surface area contributed by atoms with Crippen LogP contribution in [0.15, 0.2) is 315 Å². The number of hydrogen-bond donors (Lipinski definition) is 0. The second kappa shape index (κ2) is 23.1. The number of nitrogens with zero attached hydrogens (tertiary/aromatic N) is 9. The van der Waals surface area contributed by atoms with Gasteiger partial charge in [0.1, 0.15) is 0 Å². The van der Waals surface area contributed by atoms with Crippen LogP contribution >= 0.6 is 0 Å². The quantitative estimate of drug-likeness (QED) is 0.127. The van der Waals surface area contributed by atoms with E-state index in [0.717, 1.165) is 150 Å². The van der Waals surface area contributed by atoms with Gasteiger partial charge in [0, 0.05) is 71.9 Å². The van der Waals surface area contributed by atoms with Gasteiger partial charge in [0.2, 0.25) is 0 Å². The van der Waals surface area contributed by atoms with Crippen LogP contribution in [0, 0.1) is 29.2 Å². The van der Waals surface area contributed by atoms with Crippen LogP contribution in [0.5, 0.6) is 0 Å². The van der Waals surface area contributed by atoms with Crippen LogP contribution in [0.2, 0.25) is 0 Å². The second-order valence-electron chi connectivity index (χ2n) is 25.5. The first-order valence-corrected chi connectivity index (χ1v) is 33.3. The van der Waals surface area contributed by atoms with Gasteiger partial charge >= 0.3 is 0 Å². The Bertz CT molecular complexity index is 6570. The molecule has 9 heteroatoms. The average Bonchev–Trinajstić information content (AvgIpc) is 1.55. The van der Waals surface area contributed by atoms with Crippen molar-refractivity contribution in [3.63, 3.8) is 0 Å². The fourth-order valence-corrected chi connectivity index (χ4v) is 15.7. The Kier molecular flexibility index (Phi) is 13.3. The molecule has 1 aliphatic rings. The molecule has 1 aliphatic carbocycles. The highest BCUT2D eigenvalue weighted by atomic mass is 15.1. The third-order valence-electron chi connectivity index (χ3n) is 20.0. The molecule has 19 rings (SSSR count). The zero-order chi connectivity index (χ0) is 66.5. The van der Waals surface area contributed by atoms with Gasteiger partial charge in [-0.2, -0.15) is 10.5 Å². The summed E-state index contributed by atoms with van der Waals surface area (Å²) in [5.41, 5.74) is 24.6. The fraction of sp³-hybridized carbons (Fsp3) is 0.0110. The van der Waals surface area contributed by atoms with Crippen LogP contribution in [-0.2, 0) is 0 Å². The number of para-hydroxylation sites is 5. The van der Waals surface area contributed by atoms with Crippen molar-refractivity contribution in [3.8, 4) is 108 Å². The lowest BCUT2D eigenvalue weighted by Gasteiger charge is -2.21. The van der Waals surface area contributed by atoms with Crippen molar-refractivity contribution >= 4 is 71.1 Å². The molecular formula is C91H53N9. The minimum absolute atomic E-state index is 0.318. The zero-order valence-electron chi connectivity index (χ0n) is 53.6. The maximum Gasteiger partial charge on any atom is 0.187 e. The topological polar surface area (TPSA) is 105 Å². The smallest absolute Gasteiger partial charge is 0.187 e. The Hall–Kier alpha value is -14.0. The van der Waals surface area contributed by atoms with E-state index in [0.29, 0.717) is 34.3 Å². The molecule has 1 unspecified atom stereocenters. The molecule has 0 spiro atoms. The summed E-state index contributed by atoms with van der Waals surface area (Å²) in [5, 5.41) is 27.5. The molecule has 4 heterocycles. The molecule has 4 aromatic heterocycles. The number of benzene rings is 14. The lowest BCUT2D eigenvalue weighted by atomic mass is 9.84. The standard InChI is InChI=1S/C91H53N9/c1-94-65-24-18-23-62(51-65)58-37-39-59(40-38-58)89-95-90(74-43-41-63(60-21-16-19-56(49-60)54-92)52-78(74)84-70-31-8-9-32-71(70)85-77(84)46-45-72-68-29-10-13-34-79(68)98(87(72)85)66-25-4-2-5-26-66)97-91(96-89)76-44-42-64(61-22-17-20-57(50-61)55-93)53-83(76)100-81-36-15-12-33-75(81)86-82(100)48-47-73-69-30-11-14-35-80(69)99(88(73)86)67-27-6-3-7-28-67/h2-53,84H. The van der Waals surface area contributed by atoms with Gasteiger partial charge in [0.25, 0.3) is 0 Å². The van der Waals surface area contributed by atoms with E-state index in [1.807, 2.05) is 60.7 Å². The number of fused-ring (bicyclic) bond motifs is 14. The number of aromatic nitrogens is 6. The Morgan fingerprint density at radius 1 is 0.320 bits per heavy atom. The molecule has 0 amide bonds. The zero-order valence-corrected chi connectivity index (χ0v) is 53.6. The summed E-state index contributed by atoms with van der Waals surface area (Å²) in [4.78, 5) is 20.9. The number of hydrogen-bond acceptors (Lipinski definition) is 5. The summed E-state index contributed by atoms with van der Waals surface area (Å²) in [7, 11) is 0. The lowest BCUT2D eigenvalue weighted by Crippen LogP contribution is -2.07. The molecular weight excluding hydrogens is 1220 g/mol. The molecule has 18 aromatic rings. The highest BCUT2D eigenvalue weighted by Gasteiger charge is 2.36. The van der Waals surface area contributed by atoms with Crippen LogP contribution in [0.3, 0.4) is 0 Å². The van der Waals surface area contributed by atoms with E-state index in [4.69, 9.17) is 21.5 Å². The monoisotopic (exact) mass is 1270 g/mol. The highest BCUT2D eigenvalue weighted by Crippen LogP contribution is 2.55. The molecule has 0 N–H and O–H groups in total. The molecule has 9 nitrogen and oxygen atoms in total. The van der Waals surface area contributed by atoms with Crippen LogP contribution in [0.1, 0.15) is 33.7 Å². The normalized spacial score (nSPS) is 12.5. The first-order valence-electron chi connectivity index (χ1n) is 33.3. The van der Waals surface area contributed by atoms with Crippen LogP contribution in [0.25, 0.3) is 166 Å². The number of rotatable bonds is 10. The van der Waals surface area contributed by atoms with E-state index in [1.54, 1.807) is 0 Å². The van der Waals surface area contributed by atoms with Gasteiger partial charge in [-0.3, -0.25) is 0 Å². The summed E-state index contributed by atoms with van der Waals surface area (Å²) >= 11 is 0. The predicted molar refractivity (Wildman–Crippen MR) is 404 cm³/mol. The SMILES string of the molecule is [C-]#[N+]c1cccc(-c2ccc(-c3nc(-c4ccc(-c5cccc(C#N)c5)cc4C4c5ccccc5-c5c4ccc4c6ccccc6n(-c6ccccc6)c54)nc(-c4ccc(-c5cccc(C#N)c5)cc4-n4c5ccccc5c5c4ccc4c6ccccc6n(-c6ccccc6)c45)n3)cc2)c1. The first kappa shape index (κ1) is 57.4. The molecule has 0 aliphatic heterocycles. The van der Waals surface area contributed by atoms with E-state index in [1.165, 1.54) is 10.8 Å². The van der Waals surface area contributed by atoms with Crippen molar-refractivity contribution in [2.45, 2.75) is 5.92 Å². The van der Waals surface area contributed by atoms with Gasteiger partial charge in [-0.25, -0.2) is 19.8 Å². The van der Waals surface area contributed by atoms with Crippen molar-refractivity contribution < 1.29 is 0 Å². The van der Waals surface area contributed by atoms with Crippen molar-refractivity contribution in [3.05, 3.63) is 355 Å². The van der Waals surface area contributed by atoms with Crippen molar-refractivity contribution in [1.82, 2.24) is 28.7 Å². The maximum atomic E-state index is 10.3. The Morgan fingerprint density at radius 3 is 1.48 bits per heavy atom. The molecule has 14 aromatic carbocycles.